The van der Waals surface area contributed by atoms with Gasteiger partial charge in [-0.05, 0) is 80.3 Å². The predicted molar refractivity (Wildman–Crippen MR) is 380 cm³/mol. The van der Waals surface area contributed by atoms with E-state index >= 15 is 0 Å². The minimum absolute atomic E-state index is 0. The van der Waals surface area contributed by atoms with Crippen molar-refractivity contribution in [2.24, 2.45) is 17.8 Å². The Morgan fingerprint density at radius 1 is 0.536 bits per heavy atom. The molecule has 3 aromatic heterocycles. The van der Waals surface area contributed by atoms with Crippen LogP contribution in [0.3, 0.4) is 0 Å². The van der Waals surface area contributed by atoms with Gasteiger partial charge in [-0.15, -0.1) is 24.8 Å². The van der Waals surface area contributed by atoms with Crippen molar-refractivity contribution in [3.05, 3.63) is 103 Å². The summed E-state index contributed by atoms with van der Waals surface area (Å²) in [5, 5.41) is 20.0. The average molecular weight is 1400 g/mol. The van der Waals surface area contributed by atoms with Crippen molar-refractivity contribution < 1.29 is 61.9 Å². The van der Waals surface area contributed by atoms with Crippen LogP contribution in [0.15, 0.2) is 103 Å². The Balaban J connectivity index is 0.000000227. The van der Waals surface area contributed by atoms with E-state index in [1.165, 1.54) is 32.7 Å². The lowest BCUT2D eigenvalue weighted by atomic mass is 10.1. The number of aryl methyl sites for hydroxylation is 1. The Kier molecular flexibility index (Phi) is 27.1. The third kappa shape index (κ3) is 16.7. The third-order valence-electron chi connectivity index (χ3n) is 18.8. The van der Waals surface area contributed by atoms with E-state index in [4.69, 9.17) is 38.1 Å². The van der Waals surface area contributed by atoms with Gasteiger partial charge >= 0.3 is 17.9 Å². The SMILES string of the molecule is C.C.C.CC[C@@H]1CC1(NC(=O)[C@@H]1C[C@@H](Oc2nc3ccccc3n2CC)CN1)C(=O)OC.CC[C@@H]1CC1(NC(=O)[C@@H]1C[C@@H](Oc2nc3ccccc3s2)CN1)C(=O)OC.CC[C@@H]1C[C@]1(NC(=O)[C@@H]1C[C@@H](Oc2cc(-c3ccccc3)nc3cc(OC)ccc23)CN1)C(=O)OC.Cl.Cl. The molecule has 23 nitrogen and oxygen atoms in total. The average Bonchev–Trinajstić information content (AvgIpc) is 1.61. The highest BCUT2D eigenvalue weighted by atomic mass is 35.5. The maximum absolute atomic E-state index is 13.0. The Hall–Kier alpha value is -7.87. The Labute approximate surface area is 584 Å². The van der Waals surface area contributed by atoms with E-state index in [-0.39, 0.29) is 125 Å². The molecule has 6 fully saturated rings. The number of methoxy groups -OCH3 is 4. The van der Waals surface area contributed by atoms with Gasteiger partial charge in [0, 0.05) is 68.5 Å². The molecule has 7 aromatic rings. The molecule has 3 saturated carbocycles. The van der Waals surface area contributed by atoms with Crippen LogP contribution in [0, 0.1) is 17.8 Å². The van der Waals surface area contributed by atoms with E-state index in [9.17, 15) is 28.8 Å². The fraction of sp³-hybridized carbons (Fsp3) is 0.507. The van der Waals surface area contributed by atoms with Gasteiger partial charge in [-0.1, -0.05) is 128 Å². The summed E-state index contributed by atoms with van der Waals surface area (Å²) >= 11 is 1.50. The van der Waals surface area contributed by atoms with Crippen LogP contribution in [-0.4, -0.2) is 156 Å². The largest absolute Gasteiger partial charge is 0.497 e. The number of amides is 3. The van der Waals surface area contributed by atoms with Crippen molar-refractivity contribution in [2.45, 2.75) is 167 Å². The quantitative estimate of drug-likeness (QED) is 0.0288. The minimum atomic E-state index is -0.897. The van der Waals surface area contributed by atoms with Crippen molar-refractivity contribution in [1.29, 1.82) is 0 Å². The van der Waals surface area contributed by atoms with Gasteiger partial charge in [0.2, 0.25) is 17.7 Å². The molecule has 3 aliphatic heterocycles. The van der Waals surface area contributed by atoms with Gasteiger partial charge in [0.1, 0.15) is 46.4 Å². The molecule has 3 saturated heterocycles. The van der Waals surface area contributed by atoms with Crippen LogP contribution in [-0.2, 0) is 49.5 Å². The molecule has 3 amide bonds. The number of pyridine rings is 1. The molecule has 0 bridgehead atoms. The van der Waals surface area contributed by atoms with Crippen LogP contribution in [0.25, 0.3) is 43.4 Å². The fourth-order valence-electron chi connectivity index (χ4n) is 13.3. The van der Waals surface area contributed by atoms with Crippen LogP contribution in [0.1, 0.15) is 108 Å². The molecule has 2 unspecified atom stereocenters. The summed E-state index contributed by atoms with van der Waals surface area (Å²) in [6.45, 7) is 10.5. The fourth-order valence-corrected chi connectivity index (χ4v) is 14.1. The Morgan fingerprint density at radius 2 is 1.00 bits per heavy atom. The van der Waals surface area contributed by atoms with Gasteiger partial charge in [-0.2, -0.15) is 4.98 Å². The number of carbonyl (C=O) groups excluding carboxylic acids is 6. The number of carbonyl (C=O) groups is 6. The summed E-state index contributed by atoms with van der Waals surface area (Å²) in [4.78, 5) is 89.1. The van der Waals surface area contributed by atoms with E-state index < -0.39 is 28.7 Å². The molecule has 6 heterocycles. The number of halogens is 2. The molecule has 0 spiro atoms. The summed E-state index contributed by atoms with van der Waals surface area (Å²) in [5.74, 6) is 0.165. The number of benzene rings is 4. The number of imidazole rings is 1. The lowest BCUT2D eigenvalue weighted by molar-refractivity contribution is -0.147. The van der Waals surface area contributed by atoms with E-state index in [2.05, 4.69) is 48.8 Å². The summed E-state index contributed by atoms with van der Waals surface area (Å²) in [7, 11) is 5.71. The van der Waals surface area contributed by atoms with Gasteiger partial charge in [0.15, 0.2) is 0 Å². The van der Waals surface area contributed by atoms with Gasteiger partial charge in [-0.3, -0.25) is 19.0 Å². The van der Waals surface area contributed by atoms with Crippen molar-refractivity contribution >= 4 is 104 Å². The zero-order valence-corrected chi connectivity index (χ0v) is 56.5. The van der Waals surface area contributed by atoms with E-state index in [0.717, 1.165) is 75.0 Å². The smallest absolute Gasteiger partial charge is 0.331 e. The predicted octanol–water partition coefficient (Wildman–Crippen LogP) is 9.72. The van der Waals surface area contributed by atoms with Crippen molar-refractivity contribution in [1.82, 2.24) is 51.4 Å². The highest BCUT2D eigenvalue weighted by molar-refractivity contribution is 7.20. The van der Waals surface area contributed by atoms with Crippen molar-refractivity contribution in [3.8, 4) is 34.0 Å². The first kappa shape index (κ1) is 78.1. The molecule has 3 aliphatic carbocycles. The molecule has 6 aliphatic rings. The summed E-state index contributed by atoms with van der Waals surface area (Å²) in [6.07, 6.45) is 5.39. The monoisotopic (exact) mass is 1400 g/mol. The van der Waals surface area contributed by atoms with Gasteiger partial charge in [-0.25, -0.2) is 24.4 Å². The van der Waals surface area contributed by atoms with Gasteiger partial charge < -0.3 is 65.1 Å². The third-order valence-corrected chi connectivity index (χ3v) is 19.7. The normalized spacial score (nSPS) is 25.9. The molecule has 26 heteroatoms. The van der Waals surface area contributed by atoms with Crippen LogP contribution in [0.5, 0.6) is 22.7 Å². The number of nitrogens with zero attached hydrogens (tertiary/aromatic N) is 4. The number of rotatable bonds is 21. The molecular weight excluding hydrogens is 1300 g/mol. The number of ether oxygens (including phenoxy) is 7. The second-order valence-corrected chi connectivity index (χ2v) is 25.4. The zero-order chi connectivity index (χ0) is 64.9. The number of para-hydroxylation sites is 3. The van der Waals surface area contributed by atoms with Crippen LogP contribution in [0.4, 0.5) is 0 Å². The van der Waals surface area contributed by atoms with Crippen molar-refractivity contribution in [2.75, 3.05) is 48.1 Å². The molecule has 528 valence electrons. The number of esters is 3. The second kappa shape index (κ2) is 33.6. The lowest BCUT2D eigenvalue weighted by Gasteiger charge is -2.20. The van der Waals surface area contributed by atoms with Crippen LogP contribution < -0.4 is 50.8 Å². The van der Waals surface area contributed by atoms with E-state index in [1.807, 2.05) is 128 Å². The minimum Gasteiger partial charge on any atom is -0.497 e. The molecule has 97 heavy (non-hydrogen) atoms. The zero-order valence-electron chi connectivity index (χ0n) is 54.0. The Bertz CT molecular complexity index is 3830. The first-order valence-electron chi connectivity index (χ1n) is 31.8. The molecule has 6 N–H and O–H groups in total. The molecular formula is C71H96Cl2N10O13S. The Morgan fingerprint density at radius 3 is 1.46 bits per heavy atom. The van der Waals surface area contributed by atoms with Crippen molar-refractivity contribution in [3.63, 3.8) is 0 Å². The first-order chi connectivity index (χ1) is 44.5. The van der Waals surface area contributed by atoms with Crippen LogP contribution in [0.2, 0.25) is 0 Å². The van der Waals surface area contributed by atoms with E-state index in [1.54, 1.807) is 7.11 Å². The lowest BCUT2D eigenvalue weighted by Crippen LogP contribution is -2.51. The summed E-state index contributed by atoms with van der Waals surface area (Å²) < 4.78 is 41.8. The standard InChI is InChI=1S/C28H31N3O5.C21H28N4O4.C19H23N3O4S.3CH4.2ClH/c1-4-18-15-28(18,27(33)35-3)31-26(32)24-13-20(16-29-24)36-25-14-22(17-8-6-5-7-9-17)30-23-12-19(34-2)10-11-21(23)25;1-4-13-11-21(13,19(27)28-3)24-18(26)16-10-14(12-22-16)29-20-23-15-8-6-7-9-17(15)25(20)5-2;1-3-11-9-19(11,17(24)25-2)22-16(23)14-8-12(10-20-14)26-18-21-13-6-4-5-7-15(13)27-18;;;;;/h5-12,14,18,20,24,29H,4,13,15-16H2,1-3H3,(H,31,32);6-9,13-14,16,22H,4-5,10-12H2,1-3H3,(H,24,26);4-7,11-12,14,20H,3,8-10H2,1-2H3,(H,22,23);3*1H4;2*1H/t18-,20-,24+,28-;13-,14-,16+,21?;11-,12-,14+,19?;;;;;/m111...../s1. The molecule has 4 aromatic carbocycles. The maximum Gasteiger partial charge on any atom is 0.331 e. The van der Waals surface area contributed by atoms with Gasteiger partial charge in [0.05, 0.1) is 79.0 Å². The number of aromatic nitrogens is 4. The summed E-state index contributed by atoms with van der Waals surface area (Å²) in [6, 6.07) is 32.7. The highest BCUT2D eigenvalue weighted by Crippen LogP contribution is 2.49. The number of nitrogens with one attached hydrogen (secondary N) is 6. The summed E-state index contributed by atoms with van der Waals surface area (Å²) in [5.41, 5.74) is 2.77. The number of hydrogen-bond donors (Lipinski definition) is 6. The first-order valence-corrected chi connectivity index (χ1v) is 32.6. The number of hydrogen-bond acceptors (Lipinski definition) is 20. The second-order valence-electron chi connectivity index (χ2n) is 24.4. The highest BCUT2D eigenvalue weighted by Gasteiger charge is 2.63. The number of fused-ring (bicyclic) bond motifs is 3. The molecule has 13 rings (SSSR count). The number of thiazole rings is 1. The van der Waals surface area contributed by atoms with E-state index in [0.29, 0.717) is 75.1 Å². The van der Waals surface area contributed by atoms with Crippen LogP contribution >= 0.6 is 36.2 Å². The molecule has 0 radical (unpaired) electrons. The molecule has 12 atom stereocenters. The van der Waals surface area contributed by atoms with Gasteiger partial charge in [0.25, 0.3) is 11.2 Å². The maximum atomic E-state index is 13.0. The topological polar surface area (TPSA) is 283 Å².